The molecule has 6 nitrogen and oxygen atoms in total. The van der Waals surface area contributed by atoms with Crippen LogP contribution in [0.15, 0.2) is 82.1 Å². The number of methoxy groups -OCH3 is 3. The second-order valence-corrected chi connectivity index (χ2v) is 10.0. The van der Waals surface area contributed by atoms with E-state index in [9.17, 15) is 4.79 Å². The molecule has 0 unspecified atom stereocenters. The minimum atomic E-state index is -0.280. The van der Waals surface area contributed by atoms with Crippen LogP contribution in [0.5, 0.6) is 17.2 Å². The minimum Gasteiger partial charge on any atom is -0.497 e. The molecule has 0 amide bonds. The highest BCUT2D eigenvalue weighted by molar-refractivity contribution is 7.07. The molecule has 0 saturated carbocycles. The minimum absolute atomic E-state index is 0.0511. The van der Waals surface area contributed by atoms with Gasteiger partial charge in [-0.05, 0) is 65.4 Å². The number of thiazole rings is 1. The van der Waals surface area contributed by atoms with Gasteiger partial charge in [0.15, 0.2) is 16.3 Å². The van der Waals surface area contributed by atoms with Crippen molar-refractivity contribution in [3.63, 3.8) is 0 Å². The van der Waals surface area contributed by atoms with E-state index in [1.165, 1.54) is 16.9 Å². The molecule has 0 radical (unpaired) electrons. The van der Waals surface area contributed by atoms with Crippen molar-refractivity contribution in [1.29, 1.82) is 0 Å². The summed E-state index contributed by atoms with van der Waals surface area (Å²) in [6, 6.07) is 21.7. The Morgan fingerprint density at radius 1 is 0.919 bits per heavy atom. The first kappa shape index (κ1) is 23.3. The molecule has 0 fully saturated rings. The van der Waals surface area contributed by atoms with Crippen molar-refractivity contribution in [3.05, 3.63) is 114 Å². The Labute approximate surface area is 218 Å². The van der Waals surface area contributed by atoms with E-state index >= 15 is 0 Å². The molecule has 1 aromatic heterocycles. The van der Waals surface area contributed by atoms with E-state index < -0.39 is 0 Å². The lowest BCUT2D eigenvalue weighted by molar-refractivity contribution is 0.354. The van der Waals surface area contributed by atoms with Gasteiger partial charge in [-0.3, -0.25) is 9.36 Å². The molecule has 186 valence electrons. The average molecular weight is 511 g/mol. The van der Waals surface area contributed by atoms with Gasteiger partial charge in [0.05, 0.1) is 37.6 Å². The van der Waals surface area contributed by atoms with Crippen molar-refractivity contribution in [3.8, 4) is 17.2 Å². The summed E-state index contributed by atoms with van der Waals surface area (Å²) >= 11 is 1.42. The molecule has 1 aliphatic heterocycles. The van der Waals surface area contributed by atoms with Gasteiger partial charge in [0.2, 0.25) is 0 Å². The molecule has 7 heteroatoms. The van der Waals surface area contributed by atoms with Crippen LogP contribution in [-0.4, -0.2) is 25.9 Å². The monoisotopic (exact) mass is 510 g/mol. The molecule has 1 atom stereocenters. The summed E-state index contributed by atoms with van der Waals surface area (Å²) in [4.78, 5) is 19.7. The van der Waals surface area contributed by atoms with Crippen molar-refractivity contribution in [2.45, 2.75) is 18.9 Å². The molecular formula is C30H26N2O4S. The molecule has 37 heavy (non-hydrogen) atoms. The number of rotatable bonds is 5. The summed E-state index contributed by atoms with van der Waals surface area (Å²) in [5.74, 6) is 2.07. The fourth-order valence-electron chi connectivity index (χ4n) is 5.20. The number of fused-ring (bicyclic) bond motifs is 3. The summed E-state index contributed by atoms with van der Waals surface area (Å²) in [5.41, 5.74) is 6.40. The lowest BCUT2D eigenvalue weighted by Gasteiger charge is -2.31. The van der Waals surface area contributed by atoms with Crippen LogP contribution in [0.25, 0.3) is 11.8 Å². The third-order valence-corrected chi connectivity index (χ3v) is 7.99. The van der Waals surface area contributed by atoms with Crippen LogP contribution in [0.1, 0.15) is 34.7 Å². The lowest BCUT2D eigenvalue weighted by Crippen LogP contribution is -2.38. The fourth-order valence-corrected chi connectivity index (χ4v) is 6.20. The van der Waals surface area contributed by atoms with Crippen molar-refractivity contribution >= 4 is 23.1 Å². The number of allylic oxidation sites excluding steroid dienone is 1. The van der Waals surface area contributed by atoms with Crippen molar-refractivity contribution in [1.82, 2.24) is 4.57 Å². The van der Waals surface area contributed by atoms with E-state index in [4.69, 9.17) is 19.2 Å². The van der Waals surface area contributed by atoms with Crippen LogP contribution in [0.2, 0.25) is 0 Å². The Kier molecular flexibility index (Phi) is 5.93. The highest BCUT2D eigenvalue weighted by Gasteiger charge is 2.33. The fraction of sp³-hybridized carbons (Fsp3) is 0.200. The predicted octanol–water partition coefficient (Wildman–Crippen LogP) is 4.34. The maximum absolute atomic E-state index is 13.9. The molecular weight excluding hydrogens is 484 g/mol. The van der Waals surface area contributed by atoms with Gasteiger partial charge in [-0.1, -0.05) is 53.8 Å². The smallest absolute Gasteiger partial charge is 0.271 e. The molecule has 6 rings (SSSR count). The Morgan fingerprint density at radius 2 is 1.70 bits per heavy atom. The number of benzene rings is 3. The first-order chi connectivity index (χ1) is 18.1. The predicted molar refractivity (Wildman–Crippen MR) is 145 cm³/mol. The maximum Gasteiger partial charge on any atom is 0.271 e. The maximum atomic E-state index is 13.9. The lowest BCUT2D eigenvalue weighted by atomic mass is 9.83. The van der Waals surface area contributed by atoms with E-state index in [0.29, 0.717) is 20.8 Å². The van der Waals surface area contributed by atoms with Gasteiger partial charge in [-0.15, -0.1) is 0 Å². The van der Waals surface area contributed by atoms with Crippen LogP contribution >= 0.6 is 11.3 Å². The van der Waals surface area contributed by atoms with Gasteiger partial charge in [0, 0.05) is 5.56 Å². The standard InChI is InChI=1S/C30H26N2O4S/c1-34-21-12-8-18(9-13-21)16-26-29(33)32-28(20-11-15-24(35-2)25(17-20)36-3)23-14-10-19-6-4-5-7-22(19)27(23)31-30(32)37-26/h4-9,11-13,15-17,28H,10,14H2,1-3H3/b26-16-/t28-/m1/s1. The zero-order valence-corrected chi connectivity index (χ0v) is 21.7. The first-order valence-corrected chi connectivity index (χ1v) is 12.9. The zero-order chi connectivity index (χ0) is 25.5. The molecule has 1 aliphatic carbocycles. The normalized spacial score (nSPS) is 16.4. The Balaban J connectivity index is 1.59. The highest BCUT2D eigenvalue weighted by atomic mass is 32.1. The molecule has 0 spiro atoms. The molecule has 2 aliphatic rings. The van der Waals surface area contributed by atoms with Gasteiger partial charge in [-0.25, -0.2) is 4.99 Å². The molecule has 2 heterocycles. The number of nitrogens with zero attached hydrogens (tertiary/aromatic N) is 2. The van der Waals surface area contributed by atoms with E-state index in [2.05, 4.69) is 24.3 Å². The summed E-state index contributed by atoms with van der Waals surface area (Å²) in [6.07, 6.45) is 3.66. The van der Waals surface area contributed by atoms with Gasteiger partial charge in [0.25, 0.3) is 5.56 Å². The van der Waals surface area contributed by atoms with Gasteiger partial charge < -0.3 is 14.2 Å². The SMILES string of the molecule is COc1ccc(/C=c2\sc3n(c2=O)[C@H](c2ccc(OC)c(OC)c2)C2=C(N=3)c3ccccc3CC2)cc1. The zero-order valence-electron chi connectivity index (χ0n) is 20.9. The summed E-state index contributed by atoms with van der Waals surface area (Å²) < 4.78 is 18.8. The van der Waals surface area contributed by atoms with E-state index in [-0.39, 0.29) is 11.6 Å². The van der Waals surface area contributed by atoms with Crippen molar-refractivity contribution < 1.29 is 14.2 Å². The molecule has 0 bridgehead atoms. The summed E-state index contributed by atoms with van der Waals surface area (Å²) in [5, 5.41) is 0. The molecule has 3 aromatic carbocycles. The molecule has 0 N–H and O–H groups in total. The Morgan fingerprint density at radius 3 is 2.46 bits per heavy atom. The van der Waals surface area contributed by atoms with Gasteiger partial charge in [-0.2, -0.15) is 0 Å². The molecule has 0 saturated heterocycles. The number of hydrogen-bond donors (Lipinski definition) is 0. The largest absolute Gasteiger partial charge is 0.497 e. The van der Waals surface area contributed by atoms with Gasteiger partial charge >= 0.3 is 0 Å². The second-order valence-electron chi connectivity index (χ2n) is 9.00. The Bertz CT molecular complexity index is 1710. The van der Waals surface area contributed by atoms with Crippen LogP contribution in [0, 0.1) is 0 Å². The van der Waals surface area contributed by atoms with Crippen LogP contribution < -0.4 is 29.1 Å². The quantitative estimate of drug-likeness (QED) is 0.401. The van der Waals surface area contributed by atoms with Crippen molar-refractivity contribution in [2.75, 3.05) is 21.3 Å². The number of aromatic nitrogens is 1. The van der Waals surface area contributed by atoms with Gasteiger partial charge in [0.1, 0.15) is 5.75 Å². The number of hydrogen-bond acceptors (Lipinski definition) is 6. The summed E-state index contributed by atoms with van der Waals surface area (Å²) in [7, 11) is 4.89. The van der Waals surface area contributed by atoms with E-state index in [1.54, 1.807) is 21.3 Å². The second kappa shape index (κ2) is 9.41. The highest BCUT2D eigenvalue weighted by Crippen LogP contribution is 2.42. The third-order valence-electron chi connectivity index (χ3n) is 7.01. The third kappa shape index (κ3) is 3.96. The average Bonchev–Trinajstić information content (AvgIpc) is 3.26. The topological polar surface area (TPSA) is 62.0 Å². The van der Waals surface area contributed by atoms with Crippen molar-refractivity contribution in [2.24, 2.45) is 4.99 Å². The number of aryl methyl sites for hydroxylation is 1. The Hall–Kier alpha value is -4.10. The molecule has 4 aromatic rings. The van der Waals surface area contributed by atoms with E-state index in [1.807, 2.05) is 53.1 Å². The number of ether oxygens (including phenoxy) is 3. The van der Waals surface area contributed by atoms with Crippen LogP contribution in [0.4, 0.5) is 0 Å². The first-order valence-electron chi connectivity index (χ1n) is 12.1. The summed E-state index contributed by atoms with van der Waals surface area (Å²) in [6.45, 7) is 0. The van der Waals surface area contributed by atoms with E-state index in [0.717, 1.165) is 46.6 Å². The van der Waals surface area contributed by atoms with Crippen LogP contribution in [-0.2, 0) is 6.42 Å². The van der Waals surface area contributed by atoms with Crippen LogP contribution in [0.3, 0.4) is 0 Å².